The monoisotopic (exact) mass is 296 g/mol. The minimum atomic E-state index is -0.894. The number of hydrogen-bond donors (Lipinski definition) is 1. The van der Waals surface area contributed by atoms with Gasteiger partial charge in [-0.2, -0.15) is 0 Å². The van der Waals surface area contributed by atoms with Crippen molar-refractivity contribution in [1.82, 2.24) is 4.90 Å². The summed E-state index contributed by atoms with van der Waals surface area (Å²) in [4.78, 5) is 14.4. The highest BCUT2D eigenvalue weighted by Crippen LogP contribution is 2.23. The SMILES string of the molecule is CC(C)(Oc1ccc(Cl)cc1)C(=O)N1CCC(N)CC1. The molecule has 20 heavy (non-hydrogen) atoms. The summed E-state index contributed by atoms with van der Waals surface area (Å²) in [6.07, 6.45) is 1.70. The highest BCUT2D eigenvalue weighted by atomic mass is 35.5. The standard InChI is InChI=1S/C15H21ClN2O2/c1-15(2,20-13-5-3-11(16)4-6-13)14(19)18-9-7-12(17)8-10-18/h3-6,12H,7-10,17H2,1-2H3. The third-order valence-corrected chi connectivity index (χ3v) is 3.78. The van der Waals surface area contributed by atoms with Crippen LogP contribution in [-0.2, 0) is 4.79 Å². The van der Waals surface area contributed by atoms with Crippen LogP contribution in [0.25, 0.3) is 0 Å². The number of ether oxygens (including phenoxy) is 1. The maximum absolute atomic E-state index is 12.5. The first kappa shape index (κ1) is 15.1. The lowest BCUT2D eigenvalue weighted by molar-refractivity contribution is -0.146. The first-order chi connectivity index (χ1) is 9.38. The highest BCUT2D eigenvalue weighted by molar-refractivity contribution is 6.30. The number of halogens is 1. The van der Waals surface area contributed by atoms with Gasteiger partial charge < -0.3 is 15.4 Å². The summed E-state index contributed by atoms with van der Waals surface area (Å²) in [6, 6.07) is 7.24. The maximum Gasteiger partial charge on any atom is 0.266 e. The predicted octanol–water partition coefficient (Wildman–Crippen LogP) is 2.45. The zero-order chi connectivity index (χ0) is 14.8. The van der Waals surface area contributed by atoms with Crippen molar-refractivity contribution in [2.45, 2.75) is 38.3 Å². The Balaban J connectivity index is 2.01. The average Bonchev–Trinajstić information content (AvgIpc) is 2.41. The van der Waals surface area contributed by atoms with E-state index in [1.807, 2.05) is 4.90 Å². The molecule has 1 fully saturated rings. The molecule has 1 aromatic rings. The Morgan fingerprint density at radius 2 is 1.85 bits per heavy atom. The van der Waals surface area contributed by atoms with Gasteiger partial charge in [-0.1, -0.05) is 11.6 Å². The zero-order valence-corrected chi connectivity index (χ0v) is 12.7. The van der Waals surface area contributed by atoms with Crippen molar-refractivity contribution in [3.05, 3.63) is 29.3 Å². The molecule has 0 spiro atoms. The second-order valence-electron chi connectivity index (χ2n) is 5.70. The lowest BCUT2D eigenvalue weighted by Gasteiger charge is -2.36. The van der Waals surface area contributed by atoms with E-state index in [2.05, 4.69) is 0 Å². The number of nitrogens with zero attached hydrogens (tertiary/aromatic N) is 1. The molecule has 0 radical (unpaired) electrons. The number of benzene rings is 1. The van der Waals surface area contributed by atoms with Gasteiger partial charge in [-0.15, -0.1) is 0 Å². The Morgan fingerprint density at radius 1 is 1.30 bits per heavy atom. The van der Waals surface area contributed by atoms with E-state index in [1.165, 1.54) is 0 Å². The van der Waals surface area contributed by atoms with Gasteiger partial charge in [0, 0.05) is 24.2 Å². The second kappa shape index (κ2) is 6.02. The molecule has 1 amide bonds. The van der Waals surface area contributed by atoms with Crippen molar-refractivity contribution in [2.24, 2.45) is 5.73 Å². The fourth-order valence-corrected chi connectivity index (χ4v) is 2.45. The van der Waals surface area contributed by atoms with Crippen molar-refractivity contribution in [2.75, 3.05) is 13.1 Å². The Labute approximate surface area is 124 Å². The molecule has 4 nitrogen and oxygen atoms in total. The van der Waals surface area contributed by atoms with Gasteiger partial charge >= 0.3 is 0 Å². The van der Waals surface area contributed by atoms with Crippen LogP contribution in [0.2, 0.25) is 5.02 Å². The number of carbonyl (C=O) groups is 1. The highest BCUT2D eigenvalue weighted by Gasteiger charge is 2.35. The molecule has 0 aliphatic carbocycles. The van der Waals surface area contributed by atoms with E-state index in [-0.39, 0.29) is 11.9 Å². The van der Waals surface area contributed by atoms with Gasteiger partial charge in [0.1, 0.15) is 5.75 Å². The third kappa shape index (κ3) is 3.64. The van der Waals surface area contributed by atoms with Gasteiger partial charge in [0.25, 0.3) is 5.91 Å². The molecule has 1 aliphatic heterocycles. The van der Waals surface area contributed by atoms with Gasteiger partial charge in [0.2, 0.25) is 0 Å². The Bertz CT molecular complexity index is 465. The van der Waals surface area contributed by atoms with Gasteiger partial charge in [0.15, 0.2) is 5.60 Å². The zero-order valence-electron chi connectivity index (χ0n) is 11.9. The van der Waals surface area contributed by atoms with E-state index in [0.29, 0.717) is 23.9 Å². The number of hydrogen-bond acceptors (Lipinski definition) is 3. The summed E-state index contributed by atoms with van der Waals surface area (Å²) in [5, 5.41) is 0.645. The third-order valence-electron chi connectivity index (χ3n) is 3.53. The van der Waals surface area contributed by atoms with Gasteiger partial charge in [-0.3, -0.25) is 4.79 Å². The predicted molar refractivity (Wildman–Crippen MR) is 79.9 cm³/mol. The van der Waals surface area contributed by atoms with Crippen LogP contribution in [-0.4, -0.2) is 35.5 Å². The number of amides is 1. The number of nitrogens with two attached hydrogens (primary N) is 1. The number of rotatable bonds is 3. The lowest BCUT2D eigenvalue weighted by atomic mass is 10.0. The normalized spacial score (nSPS) is 17.1. The van der Waals surface area contributed by atoms with Crippen LogP contribution in [0.15, 0.2) is 24.3 Å². The van der Waals surface area contributed by atoms with Crippen molar-refractivity contribution in [3.63, 3.8) is 0 Å². The minimum absolute atomic E-state index is 0.000602. The van der Waals surface area contributed by atoms with Gasteiger partial charge in [-0.25, -0.2) is 0 Å². The van der Waals surface area contributed by atoms with Crippen LogP contribution >= 0.6 is 11.6 Å². The van der Waals surface area contributed by atoms with Crippen LogP contribution in [0.4, 0.5) is 0 Å². The van der Waals surface area contributed by atoms with E-state index in [0.717, 1.165) is 12.8 Å². The molecule has 2 rings (SSSR count). The molecule has 0 saturated carbocycles. The number of carbonyl (C=O) groups excluding carboxylic acids is 1. The van der Waals surface area contributed by atoms with Crippen LogP contribution in [0, 0.1) is 0 Å². The Hall–Kier alpha value is -1.26. The molecule has 0 bridgehead atoms. The molecule has 2 N–H and O–H groups in total. The van der Waals surface area contributed by atoms with E-state index in [1.54, 1.807) is 38.1 Å². The summed E-state index contributed by atoms with van der Waals surface area (Å²) in [5.41, 5.74) is 4.97. The minimum Gasteiger partial charge on any atom is -0.478 e. The summed E-state index contributed by atoms with van der Waals surface area (Å²) in [5.74, 6) is 0.640. The van der Waals surface area contributed by atoms with Crippen molar-refractivity contribution in [1.29, 1.82) is 0 Å². The molecular formula is C15H21ClN2O2. The summed E-state index contributed by atoms with van der Waals surface area (Å²) >= 11 is 5.84. The molecule has 110 valence electrons. The largest absolute Gasteiger partial charge is 0.478 e. The average molecular weight is 297 g/mol. The molecular weight excluding hydrogens is 276 g/mol. The quantitative estimate of drug-likeness (QED) is 0.932. The van der Waals surface area contributed by atoms with Crippen LogP contribution in [0.1, 0.15) is 26.7 Å². The lowest BCUT2D eigenvalue weighted by Crippen LogP contribution is -2.52. The molecule has 0 aromatic heterocycles. The first-order valence-corrected chi connectivity index (χ1v) is 7.26. The van der Waals surface area contributed by atoms with E-state index >= 15 is 0 Å². The molecule has 5 heteroatoms. The van der Waals surface area contributed by atoms with E-state index in [4.69, 9.17) is 22.1 Å². The fraction of sp³-hybridized carbons (Fsp3) is 0.533. The van der Waals surface area contributed by atoms with E-state index in [9.17, 15) is 4.79 Å². The van der Waals surface area contributed by atoms with Crippen LogP contribution in [0.3, 0.4) is 0 Å². The van der Waals surface area contributed by atoms with E-state index < -0.39 is 5.60 Å². The van der Waals surface area contributed by atoms with Crippen LogP contribution in [0.5, 0.6) is 5.75 Å². The maximum atomic E-state index is 12.5. The number of piperidine rings is 1. The van der Waals surface area contributed by atoms with Gasteiger partial charge in [-0.05, 0) is 51.0 Å². The fourth-order valence-electron chi connectivity index (χ4n) is 2.32. The van der Waals surface area contributed by atoms with Gasteiger partial charge in [0.05, 0.1) is 0 Å². The first-order valence-electron chi connectivity index (χ1n) is 6.88. The molecule has 1 aromatic carbocycles. The summed E-state index contributed by atoms with van der Waals surface area (Å²) in [6.45, 7) is 4.98. The topological polar surface area (TPSA) is 55.6 Å². The van der Waals surface area contributed by atoms with Crippen molar-refractivity contribution >= 4 is 17.5 Å². The Morgan fingerprint density at radius 3 is 2.40 bits per heavy atom. The summed E-state index contributed by atoms with van der Waals surface area (Å²) in [7, 11) is 0. The molecule has 1 heterocycles. The second-order valence-corrected chi connectivity index (χ2v) is 6.13. The van der Waals surface area contributed by atoms with Crippen molar-refractivity contribution < 1.29 is 9.53 Å². The van der Waals surface area contributed by atoms with Crippen molar-refractivity contribution in [3.8, 4) is 5.75 Å². The Kier molecular flexibility index (Phi) is 4.55. The molecule has 1 saturated heterocycles. The number of likely N-dealkylation sites (tertiary alicyclic amines) is 1. The van der Waals surface area contributed by atoms with Crippen LogP contribution < -0.4 is 10.5 Å². The molecule has 1 aliphatic rings. The molecule has 0 unspecified atom stereocenters. The smallest absolute Gasteiger partial charge is 0.266 e. The summed E-state index contributed by atoms with van der Waals surface area (Å²) < 4.78 is 5.82. The molecule has 0 atom stereocenters.